The first-order valence-electron chi connectivity index (χ1n) is 11.3. The Bertz CT molecular complexity index is 1380. The predicted octanol–water partition coefficient (Wildman–Crippen LogP) is 4.98. The molecule has 4 heterocycles. The van der Waals surface area contributed by atoms with Gasteiger partial charge in [-0.2, -0.15) is 13.2 Å². The third kappa shape index (κ3) is 5.13. The van der Waals surface area contributed by atoms with Crippen LogP contribution in [0.4, 0.5) is 17.6 Å². The molecule has 11 heteroatoms. The van der Waals surface area contributed by atoms with Crippen molar-refractivity contribution >= 4 is 22.9 Å². The Morgan fingerprint density at radius 3 is 2.61 bits per heavy atom. The standard InChI is InChI=1S/C25H22F4N4O2S/c26-18-4-1-3-16(11-18)17-12-20(25(27,28)29)23-31-22(24(34)30-13-19-5-2-10-36-19)21(33(23)14-17)15-32-6-8-35-9-7-32/h1-5,10-12,14H,6-9,13,15H2,(H,30,34). The van der Waals surface area contributed by atoms with Crippen molar-refractivity contribution in [1.29, 1.82) is 0 Å². The van der Waals surface area contributed by atoms with Crippen LogP contribution in [-0.2, 0) is 24.0 Å². The number of carbonyl (C=O) groups excluding carboxylic acids is 1. The van der Waals surface area contributed by atoms with Gasteiger partial charge < -0.3 is 14.5 Å². The van der Waals surface area contributed by atoms with Crippen LogP contribution in [0.3, 0.4) is 0 Å². The Labute approximate surface area is 208 Å². The molecule has 0 aliphatic carbocycles. The highest BCUT2D eigenvalue weighted by Gasteiger charge is 2.36. The van der Waals surface area contributed by atoms with Gasteiger partial charge in [-0.15, -0.1) is 11.3 Å². The van der Waals surface area contributed by atoms with E-state index in [4.69, 9.17) is 4.74 Å². The molecule has 36 heavy (non-hydrogen) atoms. The zero-order valence-electron chi connectivity index (χ0n) is 19.0. The third-order valence-corrected chi connectivity index (χ3v) is 6.85. The normalized spacial score (nSPS) is 14.9. The molecular weight excluding hydrogens is 496 g/mol. The zero-order valence-corrected chi connectivity index (χ0v) is 19.8. The van der Waals surface area contributed by atoms with Crippen molar-refractivity contribution in [3.05, 3.63) is 81.7 Å². The minimum absolute atomic E-state index is 0.0695. The lowest BCUT2D eigenvalue weighted by molar-refractivity contribution is -0.136. The number of nitrogens with zero attached hydrogens (tertiary/aromatic N) is 3. The Hall–Kier alpha value is -3.28. The molecule has 5 rings (SSSR count). The summed E-state index contributed by atoms with van der Waals surface area (Å²) in [5, 5.41) is 4.65. The number of alkyl halides is 3. The van der Waals surface area contributed by atoms with Crippen LogP contribution >= 0.6 is 11.3 Å². The van der Waals surface area contributed by atoms with Crippen LogP contribution in [0.2, 0.25) is 0 Å². The van der Waals surface area contributed by atoms with Crippen LogP contribution in [0.25, 0.3) is 16.8 Å². The Morgan fingerprint density at radius 1 is 1.11 bits per heavy atom. The van der Waals surface area contributed by atoms with E-state index in [0.717, 1.165) is 10.9 Å². The molecule has 0 bridgehead atoms. The Morgan fingerprint density at radius 2 is 1.92 bits per heavy atom. The van der Waals surface area contributed by atoms with Crippen molar-refractivity contribution in [3.8, 4) is 11.1 Å². The van der Waals surface area contributed by atoms with E-state index in [-0.39, 0.29) is 35.6 Å². The summed E-state index contributed by atoms with van der Waals surface area (Å²) >= 11 is 1.46. The average molecular weight is 519 g/mol. The molecule has 3 aromatic heterocycles. The molecule has 1 aliphatic rings. The predicted molar refractivity (Wildman–Crippen MR) is 127 cm³/mol. The fourth-order valence-corrected chi connectivity index (χ4v) is 4.84. The number of amides is 1. The van der Waals surface area contributed by atoms with Crippen LogP contribution < -0.4 is 5.32 Å². The first-order valence-corrected chi connectivity index (χ1v) is 12.2. The van der Waals surface area contributed by atoms with Crippen LogP contribution in [0, 0.1) is 5.82 Å². The fraction of sp³-hybridized carbons (Fsp3) is 0.280. The highest BCUT2D eigenvalue weighted by Crippen LogP contribution is 2.36. The summed E-state index contributed by atoms with van der Waals surface area (Å²) in [5.41, 5.74) is -0.645. The highest BCUT2D eigenvalue weighted by molar-refractivity contribution is 7.09. The average Bonchev–Trinajstić information content (AvgIpc) is 3.50. The summed E-state index contributed by atoms with van der Waals surface area (Å²) in [6.45, 7) is 2.55. The number of thiophene rings is 1. The number of halogens is 4. The molecule has 0 spiro atoms. The molecule has 0 saturated carbocycles. The Kier molecular flexibility index (Phi) is 6.78. The summed E-state index contributed by atoms with van der Waals surface area (Å²) in [4.78, 5) is 20.3. The van der Waals surface area contributed by atoms with Crippen molar-refractivity contribution in [2.75, 3.05) is 26.3 Å². The van der Waals surface area contributed by atoms with Gasteiger partial charge in [0.05, 0.1) is 31.0 Å². The maximum absolute atomic E-state index is 14.2. The molecule has 1 amide bonds. The van der Waals surface area contributed by atoms with E-state index in [2.05, 4.69) is 10.3 Å². The topological polar surface area (TPSA) is 58.9 Å². The number of hydrogen-bond donors (Lipinski definition) is 1. The van der Waals surface area contributed by atoms with Crippen molar-refractivity contribution in [3.63, 3.8) is 0 Å². The lowest BCUT2D eigenvalue weighted by Gasteiger charge is -2.26. The van der Waals surface area contributed by atoms with Gasteiger partial charge in [0.25, 0.3) is 5.91 Å². The van der Waals surface area contributed by atoms with Gasteiger partial charge in [0.2, 0.25) is 0 Å². The van der Waals surface area contributed by atoms with Crippen molar-refractivity contribution in [2.45, 2.75) is 19.3 Å². The summed E-state index contributed by atoms with van der Waals surface area (Å²) in [7, 11) is 0. The smallest absolute Gasteiger partial charge is 0.379 e. The molecule has 0 atom stereocenters. The summed E-state index contributed by atoms with van der Waals surface area (Å²) in [6, 6.07) is 10.0. The van der Waals surface area contributed by atoms with Crippen LogP contribution in [0.1, 0.15) is 26.6 Å². The molecular formula is C25H22F4N4O2S. The molecule has 1 saturated heterocycles. The van der Waals surface area contributed by atoms with Gasteiger partial charge in [-0.1, -0.05) is 18.2 Å². The second kappa shape index (κ2) is 10.00. The van der Waals surface area contributed by atoms with E-state index in [1.807, 2.05) is 22.4 Å². The molecule has 1 N–H and O–H groups in total. The molecule has 188 valence electrons. The summed E-state index contributed by atoms with van der Waals surface area (Å²) < 4.78 is 63.1. The number of pyridine rings is 1. The van der Waals surface area contributed by atoms with E-state index >= 15 is 0 Å². The lowest BCUT2D eigenvalue weighted by atomic mass is 10.1. The van der Waals surface area contributed by atoms with Crippen LogP contribution in [0.15, 0.2) is 54.0 Å². The number of hydrogen-bond acceptors (Lipinski definition) is 5. The van der Waals surface area contributed by atoms with Gasteiger partial charge in [0.1, 0.15) is 11.5 Å². The highest BCUT2D eigenvalue weighted by atomic mass is 32.1. The van der Waals surface area contributed by atoms with Gasteiger partial charge in [-0.05, 0) is 40.8 Å². The zero-order chi connectivity index (χ0) is 25.3. The number of benzene rings is 1. The van der Waals surface area contributed by atoms with Crippen molar-refractivity contribution in [2.24, 2.45) is 0 Å². The molecule has 1 aliphatic heterocycles. The lowest BCUT2D eigenvalue weighted by Crippen LogP contribution is -2.36. The number of morpholine rings is 1. The fourth-order valence-electron chi connectivity index (χ4n) is 4.19. The minimum atomic E-state index is -4.74. The van der Waals surface area contributed by atoms with E-state index in [1.54, 1.807) is 0 Å². The Balaban J connectivity index is 1.65. The molecule has 1 aromatic carbocycles. The maximum Gasteiger partial charge on any atom is 0.420 e. The summed E-state index contributed by atoms with van der Waals surface area (Å²) in [6.07, 6.45) is -3.25. The largest absolute Gasteiger partial charge is 0.420 e. The maximum atomic E-state index is 14.2. The van der Waals surface area contributed by atoms with Gasteiger partial charge in [-0.25, -0.2) is 9.37 Å². The van der Waals surface area contributed by atoms with Crippen LogP contribution in [0.5, 0.6) is 0 Å². The molecule has 0 unspecified atom stereocenters. The molecule has 0 radical (unpaired) electrons. The monoisotopic (exact) mass is 518 g/mol. The van der Waals surface area contributed by atoms with E-state index in [0.29, 0.717) is 32.0 Å². The third-order valence-electron chi connectivity index (χ3n) is 5.98. The first-order chi connectivity index (χ1) is 17.3. The van der Waals surface area contributed by atoms with E-state index in [1.165, 1.54) is 46.2 Å². The number of rotatable bonds is 6. The molecule has 1 fully saturated rings. The summed E-state index contributed by atoms with van der Waals surface area (Å²) in [5.74, 6) is -1.12. The quantitative estimate of drug-likeness (QED) is 0.366. The first kappa shape index (κ1) is 24.4. The van der Waals surface area contributed by atoms with Gasteiger partial charge in [0, 0.05) is 30.7 Å². The SMILES string of the molecule is O=C(NCc1cccs1)c1nc2c(C(F)(F)F)cc(-c3cccc(F)c3)cn2c1CN1CCOCC1. The van der Waals surface area contributed by atoms with Crippen LogP contribution in [-0.4, -0.2) is 46.5 Å². The molecule has 4 aromatic rings. The van der Waals surface area contributed by atoms with E-state index in [9.17, 15) is 22.4 Å². The minimum Gasteiger partial charge on any atom is -0.379 e. The van der Waals surface area contributed by atoms with Crippen molar-refractivity contribution < 1.29 is 27.1 Å². The van der Waals surface area contributed by atoms with Gasteiger partial charge in [-0.3, -0.25) is 9.69 Å². The number of nitrogens with one attached hydrogen (secondary N) is 1. The number of fused-ring (bicyclic) bond motifs is 1. The second-order valence-electron chi connectivity index (χ2n) is 8.40. The number of imidazole rings is 1. The number of aromatic nitrogens is 2. The van der Waals surface area contributed by atoms with E-state index < -0.39 is 23.5 Å². The second-order valence-corrected chi connectivity index (χ2v) is 9.43. The number of carbonyl (C=O) groups is 1. The van der Waals surface area contributed by atoms with Crippen molar-refractivity contribution in [1.82, 2.24) is 19.6 Å². The molecule has 6 nitrogen and oxygen atoms in total. The number of ether oxygens (including phenoxy) is 1. The van der Waals surface area contributed by atoms with Gasteiger partial charge >= 0.3 is 6.18 Å². The van der Waals surface area contributed by atoms with Gasteiger partial charge in [0.15, 0.2) is 5.69 Å².